The first-order chi connectivity index (χ1) is 12.5. The molecule has 132 valence electrons. The zero-order chi connectivity index (χ0) is 18.3. The lowest BCUT2D eigenvalue weighted by atomic mass is 10.0. The fraction of sp³-hybridized carbons (Fsp3) is 0.238. The SMILES string of the molecule is Cc1ccccc1-c1c2c(nn1Cc1cccc(C(=O)O)c1)CN(C)C2. The fourth-order valence-electron chi connectivity index (χ4n) is 3.65. The van der Waals surface area contributed by atoms with Gasteiger partial charge in [0.25, 0.3) is 0 Å². The van der Waals surface area contributed by atoms with Gasteiger partial charge in [-0.1, -0.05) is 36.4 Å². The highest BCUT2D eigenvalue weighted by atomic mass is 16.4. The Morgan fingerprint density at radius 3 is 2.73 bits per heavy atom. The van der Waals surface area contributed by atoms with Crippen LogP contribution in [0.2, 0.25) is 0 Å². The summed E-state index contributed by atoms with van der Waals surface area (Å²) in [6.45, 7) is 4.40. The van der Waals surface area contributed by atoms with E-state index in [0.717, 1.165) is 30.0 Å². The smallest absolute Gasteiger partial charge is 0.335 e. The normalized spacial score (nSPS) is 13.8. The van der Waals surface area contributed by atoms with Gasteiger partial charge in [0.1, 0.15) is 0 Å². The van der Waals surface area contributed by atoms with Crippen LogP contribution in [-0.4, -0.2) is 32.8 Å². The Bertz CT molecular complexity index is 991. The highest BCUT2D eigenvalue weighted by Crippen LogP contribution is 2.34. The molecule has 5 heteroatoms. The van der Waals surface area contributed by atoms with Crippen LogP contribution < -0.4 is 0 Å². The largest absolute Gasteiger partial charge is 0.478 e. The Morgan fingerprint density at radius 2 is 1.96 bits per heavy atom. The molecule has 1 aliphatic rings. The van der Waals surface area contributed by atoms with Crippen molar-refractivity contribution in [2.75, 3.05) is 7.05 Å². The van der Waals surface area contributed by atoms with Crippen molar-refractivity contribution in [3.05, 3.63) is 76.5 Å². The van der Waals surface area contributed by atoms with Gasteiger partial charge < -0.3 is 5.11 Å². The number of aromatic carboxylic acids is 1. The van der Waals surface area contributed by atoms with Crippen LogP contribution in [0.25, 0.3) is 11.3 Å². The summed E-state index contributed by atoms with van der Waals surface area (Å²) >= 11 is 0. The molecule has 1 N–H and O–H groups in total. The number of hydrogen-bond acceptors (Lipinski definition) is 3. The maximum Gasteiger partial charge on any atom is 0.335 e. The molecule has 3 aromatic rings. The first-order valence-electron chi connectivity index (χ1n) is 8.68. The summed E-state index contributed by atoms with van der Waals surface area (Å²) in [5.41, 5.74) is 7.17. The van der Waals surface area contributed by atoms with E-state index in [4.69, 9.17) is 5.10 Å². The van der Waals surface area contributed by atoms with Gasteiger partial charge in [-0.05, 0) is 37.2 Å². The molecule has 0 aliphatic carbocycles. The van der Waals surface area contributed by atoms with Gasteiger partial charge in [0.15, 0.2) is 0 Å². The Kier molecular flexibility index (Phi) is 4.09. The monoisotopic (exact) mass is 347 g/mol. The lowest BCUT2D eigenvalue weighted by Gasteiger charge is -2.14. The number of benzene rings is 2. The van der Waals surface area contributed by atoms with E-state index in [0.29, 0.717) is 12.1 Å². The zero-order valence-corrected chi connectivity index (χ0v) is 14.9. The van der Waals surface area contributed by atoms with E-state index in [1.54, 1.807) is 18.2 Å². The molecule has 4 rings (SSSR count). The Morgan fingerprint density at radius 1 is 1.15 bits per heavy atom. The van der Waals surface area contributed by atoms with Crippen LogP contribution in [0.5, 0.6) is 0 Å². The molecule has 5 nitrogen and oxygen atoms in total. The van der Waals surface area contributed by atoms with Crippen molar-refractivity contribution < 1.29 is 9.90 Å². The Balaban J connectivity index is 1.80. The number of rotatable bonds is 4. The minimum absolute atomic E-state index is 0.305. The number of carbonyl (C=O) groups is 1. The molecular formula is C21H21N3O2. The van der Waals surface area contributed by atoms with E-state index in [-0.39, 0.29) is 0 Å². The molecule has 0 unspecified atom stereocenters. The minimum Gasteiger partial charge on any atom is -0.478 e. The molecule has 0 fully saturated rings. The van der Waals surface area contributed by atoms with Crippen LogP contribution in [-0.2, 0) is 19.6 Å². The summed E-state index contributed by atoms with van der Waals surface area (Å²) in [5.74, 6) is -0.907. The molecule has 0 saturated carbocycles. The van der Waals surface area contributed by atoms with Gasteiger partial charge in [-0.25, -0.2) is 4.79 Å². The summed E-state index contributed by atoms with van der Waals surface area (Å²) in [6, 6.07) is 15.4. The van der Waals surface area contributed by atoms with Gasteiger partial charge in [-0.15, -0.1) is 0 Å². The van der Waals surface area contributed by atoms with Gasteiger partial charge in [0, 0.05) is 24.2 Å². The summed E-state index contributed by atoms with van der Waals surface area (Å²) in [6.07, 6.45) is 0. The van der Waals surface area contributed by atoms with E-state index in [1.807, 2.05) is 16.8 Å². The molecule has 0 radical (unpaired) electrons. The average Bonchev–Trinajstić information content (AvgIpc) is 3.11. The first kappa shape index (κ1) is 16.5. The lowest BCUT2D eigenvalue weighted by Crippen LogP contribution is -2.13. The second kappa shape index (κ2) is 6.42. The van der Waals surface area contributed by atoms with Crippen molar-refractivity contribution in [2.45, 2.75) is 26.6 Å². The van der Waals surface area contributed by atoms with Crippen molar-refractivity contribution in [2.24, 2.45) is 0 Å². The van der Waals surface area contributed by atoms with Gasteiger partial charge in [-0.3, -0.25) is 9.58 Å². The minimum atomic E-state index is -0.907. The number of aryl methyl sites for hydroxylation is 1. The van der Waals surface area contributed by atoms with Crippen LogP contribution in [0.15, 0.2) is 48.5 Å². The van der Waals surface area contributed by atoms with Crippen LogP contribution in [0.3, 0.4) is 0 Å². The highest BCUT2D eigenvalue weighted by Gasteiger charge is 2.26. The van der Waals surface area contributed by atoms with Crippen LogP contribution in [0.4, 0.5) is 0 Å². The van der Waals surface area contributed by atoms with E-state index in [9.17, 15) is 9.90 Å². The number of nitrogens with zero attached hydrogens (tertiary/aromatic N) is 3. The Hall–Kier alpha value is -2.92. The second-order valence-corrected chi connectivity index (χ2v) is 6.92. The number of hydrogen-bond donors (Lipinski definition) is 1. The van der Waals surface area contributed by atoms with Crippen molar-refractivity contribution in [3.8, 4) is 11.3 Å². The van der Waals surface area contributed by atoms with Crippen LogP contribution >= 0.6 is 0 Å². The second-order valence-electron chi connectivity index (χ2n) is 6.92. The Labute approximate surface area is 152 Å². The standard InChI is InChI=1S/C21H21N3O2/c1-14-6-3-4-9-17(14)20-18-12-23(2)13-19(18)22-24(20)11-15-7-5-8-16(10-15)21(25)26/h3-10H,11-13H2,1-2H3,(H,25,26). The molecule has 1 aliphatic heterocycles. The van der Waals surface area contributed by atoms with E-state index < -0.39 is 5.97 Å². The van der Waals surface area contributed by atoms with E-state index in [1.165, 1.54) is 16.7 Å². The summed E-state index contributed by atoms with van der Waals surface area (Å²) in [5, 5.41) is 14.1. The molecular weight excluding hydrogens is 326 g/mol. The van der Waals surface area contributed by atoms with Gasteiger partial charge in [-0.2, -0.15) is 5.10 Å². The molecule has 0 atom stereocenters. The number of carboxylic acid groups (broad SMARTS) is 1. The third-order valence-electron chi connectivity index (χ3n) is 4.89. The van der Waals surface area contributed by atoms with Gasteiger partial charge in [0.05, 0.1) is 23.5 Å². The zero-order valence-electron chi connectivity index (χ0n) is 14.9. The van der Waals surface area contributed by atoms with Crippen LogP contribution in [0.1, 0.15) is 32.7 Å². The number of fused-ring (bicyclic) bond motifs is 1. The van der Waals surface area contributed by atoms with E-state index >= 15 is 0 Å². The van der Waals surface area contributed by atoms with Gasteiger partial charge in [0.2, 0.25) is 0 Å². The molecule has 1 aromatic heterocycles. The summed E-state index contributed by atoms with van der Waals surface area (Å²) in [7, 11) is 2.10. The molecule has 2 heterocycles. The molecule has 2 aromatic carbocycles. The maximum atomic E-state index is 11.3. The summed E-state index contributed by atoms with van der Waals surface area (Å²) < 4.78 is 2.03. The third-order valence-corrected chi connectivity index (χ3v) is 4.89. The van der Waals surface area contributed by atoms with Crippen molar-refractivity contribution in [3.63, 3.8) is 0 Å². The molecule has 0 amide bonds. The third kappa shape index (κ3) is 2.91. The van der Waals surface area contributed by atoms with Crippen molar-refractivity contribution in [1.29, 1.82) is 0 Å². The summed E-state index contributed by atoms with van der Waals surface area (Å²) in [4.78, 5) is 13.5. The maximum absolute atomic E-state index is 11.3. The van der Waals surface area contributed by atoms with Crippen molar-refractivity contribution in [1.82, 2.24) is 14.7 Å². The highest BCUT2D eigenvalue weighted by molar-refractivity contribution is 5.87. The molecule has 26 heavy (non-hydrogen) atoms. The topological polar surface area (TPSA) is 58.4 Å². The average molecular weight is 347 g/mol. The van der Waals surface area contributed by atoms with Gasteiger partial charge >= 0.3 is 5.97 Å². The first-order valence-corrected chi connectivity index (χ1v) is 8.68. The van der Waals surface area contributed by atoms with E-state index in [2.05, 4.69) is 37.1 Å². The predicted molar refractivity (Wildman–Crippen MR) is 100 cm³/mol. The number of aromatic nitrogens is 2. The quantitative estimate of drug-likeness (QED) is 0.784. The molecule has 0 saturated heterocycles. The van der Waals surface area contributed by atoms with Crippen LogP contribution in [0, 0.1) is 6.92 Å². The number of carboxylic acids is 1. The van der Waals surface area contributed by atoms with Crippen molar-refractivity contribution >= 4 is 5.97 Å². The fourth-order valence-corrected chi connectivity index (χ4v) is 3.65. The molecule has 0 bridgehead atoms. The predicted octanol–water partition coefficient (Wildman–Crippen LogP) is 3.55. The lowest BCUT2D eigenvalue weighted by molar-refractivity contribution is 0.0696. The molecule has 0 spiro atoms.